The summed E-state index contributed by atoms with van der Waals surface area (Å²) in [6.07, 6.45) is -0.131. The lowest BCUT2D eigenvalue weighted by Crippen LogP contribution is -2.22. The standard InChI is InChI=1S/C24H24N2O4/c1-16-10-11-17(2)21(14-16)26-23(28)15-30-24(29)13-12-22(27)25-20-9-5-7-18-6-3-4-8-19(18)20/h3-11,14H,12-13,15H2,1-2H3,(H,25,27)(H,26,28). The van der Waals surface area contributed by atoms with E-state index in [2.05, 4.69) is 10.6 Å². The zero-order chi connectivity index (χ0) is 21.5. The Hall–Kier alpha value is -3.67. The molecule has 0 saturated heterocycles. The van der Waals surface area contributed by atoms with E-state index in [0.717, 1.165) is 21.9 Å². The molecule has 6 nitrogen and oxygen atoms in total. The number of hydrogen-bond acceptors (Lipinski definition) is 4. The predicted molar refractivity (Wildman–Crippen MR) is 117 cm³/mol. The van der Waals surface area contributed by atoms with Crippen LogP contribution in [-0.4, -0.2) is 24.4 Å². The van der Waals surface area contributed by atoms with Gasteiger partial charge in [-0.1, -0.05) is 48.5 Å². The van der Waals surface area contributed by atoms with Crippen LogP contribution < -0.4 is 10.6 Å². The Labute approximate surface area is 175 Å². The van der Waals surface area contributed by atoms with Crippen molar-refractivity contribution in [2.75, 3.05) is 17.2 Å². The van der Waals surface area contributed by atoms with E-state index in [1.165, 1.54) is 0 Å². The fourth-order valence-corrected chi connectivity index (χ4v) is 3.04. The summed E-state index contributed by atoms with van der Waals surface area (Å²) < 4.78 is 4.99. The normalized spacial score (nSPS) is 10.5. The highest BCUT2D eigenvalue weighted by molar-refractivity contribution is 6.02. The molecule has 2 N–H and O–H groups in total. The van der Waals surface area contributed by atoms with E-state index in [9.17, 15) is 14.4 Å². The van der Waals surface area contributed by atoms with E-state index in [4.69, 9.17) is 4.74 Å². The van der Waals surface area contributed by atoms with E-state index >= 15 is 0 Å². The monoisotopic (exact) mass is 404 g/mol. The number of aryl methyl sites for hydroxylation is 2. The van der Waals surface area contributed by atoms with Crippen LogP contribution in [0, 0.1) is 13.8 Å². The van der Waals surface area contributed by atoms with Crippen molar-refractivity contribution in [2.24, 2.45) is 0 Å². The molecule has 0 unspecified atom stereocenters. The van der Waals surface area contributed by atoms with Crippen LogP contribution in [0.4, 0.5) is 11.4 Å². The topological polar surface area (TPSA) is 84.5 Å². The smallest absolute Gasteiger partial charge is 0.306 e. The molecule has 0 aliphatic carbocycles. The molecule has 6 heteroatoms. The van der Waals surface area contributed by atoms with Gasteiger partial charge in [0.15, 0.2) is 6.61 Å². The number of anilines is 2. The van der Waals surface area contributed by atoms with Crippen molar-refractivity contribution >= 4 is 39.9 Å². The second-order valence-corrected chi connectivity index (χ2v) is 7.10. The van der Waals surface area contributed by atoms with Gasteiger partial charge in [-0.2, -0.15) is 0 Å². The van der Waals surface area contributed by atoms with Crippen molar-refractivity contribution in [3.63, 3.8) is 0 Å². The minimum atomic E-state index is -0.598. The summed E-state index contributed by atoms with van der Waals surface area (Å²) in [5.41, 5.74) is 3.32. The fraction of sp³-hybridized carbons (Fsp3) is 0.208. The predicted octanol–water partition coefficient (Wildman–Crippen LogP) is 4.36. The SMILES string of the molecule is Cc1ccc(C)c(NC(=O)COC(=O)CCC(=O)Nc2cccc3ccccc23)c1. The molecule has 0 aromatic heterocycles. The summed E-state index contributed by atoms with van der Waals surface area (Å²) in [5, 5.41) is 7.50. The number of nitrogens with one attached hydrogen (secondary N) is 2. The summed E-state index contributed by atoms with van der Waals surface area (Å²) in [6, 6.07) is 19.1. The van der Waals surface area contributed by atoms with E-state index in [1.54, 1.807) is 0 Å². The minimum absolute atomic E-state index is 0.0271. The summed E-state index contributed by atoms with van der Waals surface area (Å²) in [4.78, 5) is 36.1. The fourth-order valence-electron chi connectivity index (χ4n) is 3.04. The summed E-state index contributed by atoms with van der Waals surface area (Å²) in [7, 11) is 0. The molecule has 0 saturated carbocycles. The Morgan fingerprint density at radius 1 is 0.800 bits per heavy atom. The van der Waals surface area contributed by atoms with Gasteiger partial charge >= 0.3 is 5.97 Å². The largest absolute Gasteiger partial charge is 0.456 e. The molecule has 0 atom stereocenters. The van der Waals surface area contributed by atoms with Crippen LogP contribution in [0.3, 0.4) is 0 Å². The maximum absolute atomic E-state index is 12.2. The molecule has 154 valence electrons. The van der Waals surface area contributed by atoms with E-state index in [-0.39, 0.29) is 18.7 Å². The van der Waals surface area contributed by atoms with Gasteiger partial charge in [0.2, 0.25) is 5.91 Å². The van der Waals surface area contributed by atoms with Crippen LogP contribution in [0.15, 0.2) is 60.7 Å². The van der Waals surface area contributed by atoms with E-state index in [1.807, 2.05) is 74.5 Å². The van der Waals surface area contributed by atoms with Crippen LogP contribution in [0.5, 0.6) is 0 Å². The number of rotatable bonds is 7. The third kappa shape index (κ3) is 5.67. The number of carbonyl (C=O) groups is 3. The number of hydrogen-bond donors (Lipinski definition) is 2. The highest BCUT2D eigenvalue weighted by Gasteiger charge is 2.12. The van der Waals surface area contributed by atoms with Gasteiger partial charge in [0, 0.05) is 23.2 Å². The molecule has 3 rings (SSSR count). The maximum Gasteiger partial charge on any atom is 0.306 e. The average molecular weight is 404 g/mol. The van der Waals surface area contributed by atoms with Gasteiger partial charge in [-0.3, -0.25) is 14.4 Å². The molecule has 2 amide bonds. The zero-order valence-electron chi connectivity index (χ0n) is 17.0. The van der Waals surface area contributed by atoms with Crippen molar-refractivity contribution in [2.45, 2.75) is 26.7 Å². The lowest BCUT2D eigenvalue weighted by atomic mass is 10.1. The van der Waals surface area contributed by atoms with Crippen LogP contribution >= 0.6 is 0 Å². The first-order chi connectivity index (χ1) is 14.4. The van der Waals surface area contributed by atoms with Gasteiger partial charge in [-0.25, -0.2) is 0 Å². The van der Waals surface area contributed by atoms with Crippen LogP contribution in [0.25, 0.3) is 10.8 Å². The van der Waals surface area contributed by atoms with Crippen LogP contribution in [-0.2, 0) is 19.1 Å². The number of benzene rings is 3. The Balaban J connectivity index is 1.44. The molecule has 0 spiro atoms. The van der Waals surface area contributed by atoms with Gasteiger partial charge < -0.3 is 15.4 Å². The van der Waals surface area contributed by atoms with Crippen molar-refractivity contribution in [1.82, 2.24) is 0 Å². The Morgan fingerprint density at radius 3 is 2.37 bits per heavy atom. The van der Waals surface area contributed by atoms with Crippen LogP contribution in [0.1, 0.15) is 24.0 Å². The number of amides is 2. The number of ether oxygens (including phenoxy) is 1. The molecule has 3 aromatic carbocycles. The number of fused-ring (bicyclic) bond motifs is 1. The van der Waals surface area contributed by atoms with Crippen LogP contribution in [0.2, 0.25) is 0 Å². The second kappa shape index (κ2) is 9.69. The lowest BCUT2D eigenvalue weighted by molar-refractivity contribution is -0.147. The molecule has 0 fully saturated rings. The van der Waals surface area contributed by atoms with E-state index in [0.29, 0.717) is 11.4 Å². The first-order valence-corrected chi connectivity index (χ1v) is 9.73. The Kier molecular flexibility index (Phi) is 6.80. The highest BCUT2D eigenvalue weighted by atomic mass is 16.5. The summed E-state index contributed by atoms with van der Waals surface area (Å²) in [6.45, 7) is 3.42. The third-order valence-corrected chi connectivity index (χ3v) is 4.65. The quantitative estimate of drug-likeness (QED) is 0.573. The first kappa shape index (κ1) is 21.0. The molecular formula is C24H24N2O4. The second-order valence-electron chi connectivity index (χ2n) is 7.10. The summed E-state index contributed by atoms with van der Waals surface area (Å²) in [5.74, 6) is -1.31. The lowest BCUT2D eigenvalue weighted by Gasteiger charge is -2.10. The number of esters is 1. The van der Waals surface area contributed by atoms with Crippen molar-refractivity contribution < 1.29 is 19.1 Å². The molecule has 0 aliphatic heterocycles. The molecule has 3 aromatic rings. The van der Waals surface area contributed by atoms with Gasteiger partial charge in [-0.05, 0) is 42.5 Å². The highest BCUT2D eigenvalue weighted by Crippen LogP contribution is 2.23. The van der Waals surface area contributed by atoms with Crippen molar-refractivity contribution in [1.29, 1.82) is 0 Å². The van der Waals surface area contributed by atoms with Gasteiger partial charge in [-0.15, -0.1) is 0 Å². The first-order valence-electron chi connectivity index (χ1n) is 9.73. The Morgan fingerprint density at radius 2 is 1.53 bits per heavy atom. The zero-order valence-corrected chi connectivity index (χ0v) is 17.0. The van der Waals surface area contributed by atoms with Crippen molar-refractivity contribution in [3.05, 3.63) is 71.8 Å². The van der Waals surface area contributed by atoms with Crippen molar-refractivity contribution in [3.8, 4) is 0 Å². The third-order valence-electron chi connectivity index (χ3n) is 4.65. The summed E-state index contributed by atoms with van der Waals surface area (Å²) >= 11 is 0. The minimum Gasteiger partial charge on any atom is -0.456 e. The van der Waals surface area contributed by atoms with Gasteiger partial charge in [0.25, 0.3) is 5.91 Å². The maximum atomic E-state index is 12.2. The average Bonchev–Trinajstić information content (AvgIpc) is 2.73. The molecular weight excluding hydrogens is 380 g/mol. The molecule has 0 radical (unpaired) electrons. The Bertz CT molecular complexity index is 1090. The van der Waals surface area contributed by atoms with E-state index < -0.39 is 18.5 Å². The molecule has 0 aliphatic rings. The van der Waals surface area contributed by atoms with Gasteiger partial charge in [0.05, 0.1) is 6.42 Å². The number of carbonyl (C=O) groups excluding carboxylic acids is 3. The molecule has 0 heterocycles. The van der Waals surface area contributed by atoms with Gasteiger partial charge in [0.1, 0.15) is 0 Å². The molecule has 30 heavy (non-hydrogen) atoms. The molecule has 0 bridgehead atoms.